The number of rotatable bonds is 5. The van der Waals surface area contributed by atoms with Gasteiger partial charge in [-0.1, -0.05) is 6.08 Å². The number of hydrogen-bond donors (Lipinski definition) is 2. The summed E-state index contributed by atoms with van der Waals surface area (Å²) in [7, 11) is 1.95. The molecule has 0 aliphatic carbocycles. The number of alkyl halides is 2. The smallest absolute Gasteiger partial charge is 0.321 e. The van der Waals surface area contributed by atoms with Crippen molar-refractivity contribution < 1.29 is 22.4 Å². The maximum absolute atomic E-state index is 15.9. The number of likely N-dealkylation sites (N-methyl/N-ethyl adjacent to an activating group) is 1. The zero-order valence-corrected chi connectivity index (χ0v) is 19.5. The molecule has 1 aromatic carbocycles. The van der Waals surface area contributed by atoms with Crippen LogP contribution in [0.2, 0.25) is 0 Å². The van der Waals surface area contributed by atoms with Crippen LogP contribution in [0.15, 0.2) is 35.3 Å². The van der Waals surface area contributed by atoms with Gasteiger partial charge in [0.1, 0.15) is 11.5 Å². The Bertz CT molecular complexity index is 1210. The van der Waals surface area contributed by atoms with Crippen LogP contribution in [-0.4, -0.2) is 61.2 Å². The van der Waals surface area contributed by atoms with Gasteiger partial charge in [-0.25, -0.2) is 8.78 Å². The molecule has 2 N–H and O–H groups in total. The fourth-order valence-electron chi connectivity index (χ4n) is 4.35. The van der Waals surface area contributed by atoms with E-state index in [9.17, 15) is 18.4 Å². The van der Waals surface area contributed by atoms with Crippen molar-refractivity contribution in [3.63, 3.8) is 0 Å². The van der Waals surface area contributed by atoms with Gasteiger partial charge in [-0.15, -0.1) is 0 Å². The van der Waals surface area contributed by atoms with Crippen molar-refractivity contribution in [1.82, 2.24) is 14.8 Å². The number of hydrogen-bond acceptors (Lipinski definition) is 5. The zero-order chi connectivity index (χ0) is 25.3. The number of pyridine rings is 1. The highest BCUT2D eigenvalue weighted by Gasteiger charge is 2.29. The second-order valence-electron chi connectivity index (χ2n) is 8.81. The summed E-state index contributed by atoms with van der Waals surface area (Å²) in [5.41, 5.74) is -1.10. The van der Waals surface area contributed by atoms with Crippen molar-refractivity contribution in [3.05, 3.63) is 63.6 Å². The number of carbonyl (C=O) groups is 1. The van der Waals surface area contributed by atoms with Crippen LogP contribution in [0.1, 0.15) is 35.8 Å². The minimum Gasteiger partial charge on any atom is -0.367 e. The van der Waals surface area contributed by atoms with Crippen molar-refractivity contribution in [2.75, 3.05) is 50.0 Å². The number of amides is 1. The summed E-state index contributed by atoms with van der Waals surface area (Å²) in [6.07, 6.45) is 3.07. The third kappa shape index (κ3) is 5.10. The van der Waals surface area contributed by atoms with Crippen LogP contribution in [0.3, 0.4) is 0 Å². The fraction of sp³-hybridized carbons (Fsp3) is 0.417. The number of halogens is 4. The Morgan fingerprint density at radius 2 is 2.00 bits per heavy atom. The van der Waals surface area contributed by atoms with Gasteiger partial charge < -0.3 is 20.4 Å². The van der Waals surface area contributed by atoms with Gasteiger partial charge in [0.25, 0.3) is 11.5 Å². The highest BCUT2D eigenvalue weighted by molar-refractivity contribution is 6.06. The van der Waals surface area contributed by atoms with E-state index in [1.54, 1.807) is 11.0 Å². The van der Waals surface area contributed by atoms with Crippen molar-refractivity contribution in [2.24, 2.45) is 0 Å². The van der Waals surface area contributed by atoms with Crippen molar-refractivity contribution in [2.45, 2.75) is 25.9 Å². The van der Waals surface area contributed by atoms with Gasteiger partial charge in [-0.2, -0.15) is 8.78 Å². The highest BCUT2D eigenvalue weighted by Crippen LogP contribution is 2.37. The quantitative estimate of drug-likeness (QED) is 0.626. The molecule has 2 aliphatic rings. The van der Waals surface area contributed by atoms with E-state index in [1.807, 2.05) is 14.0 Å². The number of anilines is 2. The summed E-state index contributed by atoms with van der Waals surface area (Å²) >= 11 is 0. The molecule has 0 radical (unpaired) electrons. The topological polar surface area (TPSA) is 69.6 Å². The van der Waals surface area contributed by atoms with Crippen LogP contribution in [0.5, 0.6) is 0 Å². The first-order chi connectivity index (χ1) is 16.7. The molecule has 1 fully saturated rings. The Labute approximate surface area is 200 Å². The lowest BCUT2D eigenvalue weighted by molar-refractivity contribution is 0.0660. The molecule has 0 bridgehead atoms. The molecular weight excluding hydrogens is 466 g/mol. The Balaban J connectivity index is 1.78. The lowest BCUT2D eigenvalue weighted by Gasteiger charge is -2.40. The van der Waals surface area contributed by atoms with Crippen LogP contribution in [-0.2, 0) is 0 Å². The second kappa shape index (κ2) is 10.2. The van der Waals surface area contributed by atoms with E-state index in [2.05, 4.69) is 15.5 Å². The molecule has 1 atom stereocenters. The average molecular weight is 494 g/mol. The molecule has 4 rings (SSSR count). The van der Waals surface area contributed by atoms with Gasteiger partial charge in [-0.05, 0) is 38.6 Å². The van der Waals surface area contributed by atoms with Crippen molar-refractivity contribution in [3.8, 4) is 0 Å². The maximum Gasteiger partial charge on any atom is 0.321 e. The van der Waals surface area contributed by atoms with E-state index in [0.29, 0.717) is 38.2 Å². The highest BCUT2D eigenvalue weighted by atomic mass is 19.3. The van der Waals surface area contributed by atoms with Gasteiger partial charge >= 0.3 is 6.55 Å². The van der Waals surface area contributed by atoms with Gasteiger partial charge in [0, 0.05) is 50.6 Å². The summed E-state index contributed by atoms with van der Waals surface area (Å²) in [6.45, 7) is 1.39. The van der Waals surface area contributed by atoms with Gasteiger partial charge in [-0.3, -0.25) is 14.2 Å². The van der Waals surface area contributed by atoms with Gasteiger partial charge in [0.15, 0.2) is 5.82 Å². The molecule has 1 aromatic heterocycles. The largest absolute Gasteiger partial charge is 0.367 e. The number of carbonyl (C=O) groups excluding carboxylic acids is 1. The number of piperazine rings is 1. The predicted molar refractivity (Wildman–Crippen MR) is 126 cm³/mol. The lowest BCUT2D eigenvalue weighted by Crippen LogP contribution is -2.50. The van der Waals surface area contributed by atoms with Crippen LogP contribution in [0, 0.1) is 11.6 Å². The minimum atomic E-state index is -3.14. The van der Waals surface area contributed by atoms with Crippen molar-refractivity contribution >= 4 is 22.9 Å². The summed E-state index contributed by atoms with van der Waals surface area (Å²) < 4.78 is 57.6. The van der Waals surface area contributed by atoms with E-state index in [0.717, 1.165) is 18.3 Å². The molecule has 0 spiro atoms. The monoisotopic (exact) mass is 493 g/mol. The molecule has 3 heterocycles. The molecule has 188 valence electrons. The molecular formula is C24H27F4N5O2. The standard InChI is InChI=1S/C24H27F4N5O2/c1-14-12-32(9-8-31(14)2)18-10-17(25)20(15-4-3-7-29-11-15)21(26)22(18)30-23(35)16-5-6-19(34)33(13-16)24(27)28/h4-6,10,13-14,24,29H,3,7-9,11-12H2,1-2H3,(H,30,35). The number of benzene rings is 1. The Hall–Kier alpha value is -3.18. The molecule has 2 aromatic rings. The van der Waals surface area contributed by atoms with Gasteiger partial charge in [0.05, 0.1) is 16.8 Å². The lowest BCUT2D eigenvalue weighted by atomic mass is 9.98. The van der Waals surface area contributed by atoms with Crippen LogP contribution in [0.4, 0.5) is 28.9 Å². The Morgan fingerprint density at radius 1 is 1.23 bits per heavy atom. The van der Waals surface area contributed by atoms with E-state index < -0.39 is 29.7 Å². The van der Waals surface area contributed by atoms with Crippen LogP contribution in [0.25, 0.3) is 5.57 Å². The Morgan fingerprint density at radius 3 is 2.66 bits per heavy atom. The molecule has 1 saturated heterocycles. The summed E-state index contributed by atoms with van der Waals surface area (Å²) in [5.74, 6) is -2.57. The SMILES string of the molecule is CC1CN(c2cc(F)c(C3=CCCNC3)c(F)c2NC(=O)c2ccc(=O)n(C(F)F)c2)CCN1C. The molecule has 35 heavy (non-hydrogen) atoms. The van der Waals surface area contributed by atoms with Crippen LogP contribution >= 0.6 is 0 Å². The average Bonchev–Trinajstić information content (AvgIpc) is 2.83. The zero-order valence-electron chi connectivity index (χ0n) is 19.5. The first kappa shape index (κ1) is 24.9. The van der Waals surface area contributed by atoms with Gasteiger partial charge in [0.2, 0.25) is 0 Å². The maximum atomic E-state index is 15.9. The first-order valence-corrected chi connectivity index (χ1v) is 11.4. The van der Waals surface area contributed by atoms with E-state index >= 15 is 8.78 Å². The number of nitrogens with zero attached hydrogens (tertiary/aromatic N) is 3. The summed E-state index contributed by atoms with van der Waals surface area (Å²) in [6, 6.07) is 3.23. The van der Waals surface area contributed by atoms with E-state index in [1.165, 1.54) is 6.07 Å². The molecule has 1 unspecified atom stereocenters. The van der Waals surface area contributed by atoms with E-state index in [-0.39, 0.29) is 39.7 Å². The first-order valence-electron chi connectivity index (χ1n) is 11.4. The molecule has 1 amide bonds. The van der Waals surface area contributed by atoms with Crippen LogP contribution < -0.4 is 21.1 Å². The number of nitrogens with one attached hydrogen (secondary N) is 2. The summed E-state index contributed by atoms with van der Waals surface area (Å²) in [5, 5.41) is 5.54. The van der Waals surface area contributed by atoms with E-state index in [4.69, 9.17) is 0 Å². The second-order valence-corrected chi connectivity index (χ2v) is 8.81. The third-order valence-electron chi connectivity index (χ3n) is 6.50. The number of aromatic nitrogens is 1. The molecule has 0 saturated carbocycles. The summed E-state index contributed by atoms with van der Waals surface area (Å²) in [4.78, 5) is 28.5. The minimum absolute atomic E-state index is 0.0953. The molecule has 2 aliphatic heterocycles. The van der Waals surface area contributed by atoms with Crippen molar-refractivity contribution in [1.29, 1.82) is 0 Å². The predicted octanol–water partition coefficient (Wildman–Crippen LogP) is 3.29. The Kier molecular flexibility index (Phi) is 7.27. The third-order valence-corrected chi connectivity index (χ3v) is 6.50. The normalized spacial score (nSPS) is 19.1. The fourth-order valence-corrected chi connectivity index (χ4v) is 4.35. The molecule has 11 heteroatoms. The molecule has 7 nitrogen and oxygen atoms in total.